The molecule has 7 heteroatoms. The molecule has 2 rings (SSSR count). The molecule has 2 heterocycles. The smallest absolute Gasteiger partial charge is 0.325 e. The lowest BCUT2D eigenvalue weighted by Crippen LogP contribution is -2.22. The van der Waals surface area contributed by atoms with Gasteiger partial charge in [-0.15, -0.1) is 0 Å². The van der Waals surface area contributed by atoms with E-state index in [-0.39, 0.29) is 5.56 Å². The molecule has 0 amide bonds. The Kier molecular flexibility index (Phi) is 2.95. The molecular weight excluding hydrogens is 228 g/mol. The van der Waals surface area contributed by atoms with E-state index in [1.807, 2.05) is 17.8 Å². The molecule has 6 nitrogen and oxygen atoms in total. The van der Waals surface area contributed by atoms with E-state index in [1.165, 1.54) is 17.8 Å². The van der Waals surface area contributed by atoms with Crippen LogP contribution in [-0.4, -0.2) is 19.5 Å². The van der Waals surface area contributed by atoms with Gasteiger partial charge in [0, 0.05) is 37.0 Å². The molecule has 2 aromatic rings. The summed E-state index contributed by atoms with van der Waals surface area (Å²) in [6.07, 6.45) is 3.53. The fourth-order valence-corrected chi connectivity index (χ4v) is 2.07. The number of aromatic nitrogens is 4. The predicted octanol–water partition coefficient (Wildman–Crippen LogP) is 0.0890. The van der Waals surface area contributed by atoms with Crippen LogP contribution < -0.4 is 11.2 Å². The third-order valence-corrected chi connectivity index (χ3v) is 3.06. The monoisotopic (exact) mass is 238 g/mol. The molecule has 0 bridgehead atoms. The van der Waals surface area contributed by atoms with Gasteiger partial charge in [0.1, 0.15) is 0 Å². The summed E-state index contributed by atoms with van der Waals surface area (Å²) < 4.78 is 1.87. The zero-order chi connectivity index (χ0) is 11.5. The standard InChI is InChI=1S/C9H10N4O2S/c1-13-3-2-10-9(13)16-5-6-4-7(14)12-8(15)11-6/h2-4H,5H2,1H3,(H2,11,12,14,15). The lowest BCUT2D eigenvalue weighted by Gasteiger charge is -2.00. The van der Waals surface area contributed by atoms with Crippen LogP contribution in [0.5, 0.6) is 0 Å². The normalized spacial score (nSPS) is 10.6. The number of hydrogen-bond acceptors (Lipinski definition) is 4. The van der Waals surface area contributed by atoms with E-state index >= 15 is 0 Å². The van der Waals surface area contributed by atoms with Crippen molar-refractivity contribution in [3.05, 3.63) is 45.0 Å². The third kappa shape index (κ3) is 2.43. The van der Waals surface area contributed by atoms with Crippen LogP contribution >= 0.6 is 11.8 Å². The van der Waals surface area contributed by atoms with Crippen molar-refractivity contribution in [2.75, 3.05) is 0 Å². The van der Waals surface area contributed by atoms with E-state index in [0.29, 0.717) is 11.4 Å². The highest BCUT2D eigenvalue weighted by atomic mass is 32.2. The SMILES string of the molecule is Cn1ccnc1SCc1cc(=O)[nH]c(=O)[nH]1. The number of H-pyrrole nitrogens is 2. The van der Waals surface area contributed by atoms with Gasteiger partial charge < -0.3 is 9.55 Å². The van der Waals surface area contributed by atoms with E-state index in [4.69, 9.17) is 0 Å². The maximum absolute atomic E-state index is 11.0. The Morgan fingerprint density at radius 2 is 2.25 bits per heavy atom. The fraction of sp³-hybridized carbons (Fsp3) is 0.222. The predicted molar refractivity (Wildman–Crippen MR) is 60.5 cm³/mol. The summed E-state index contributed by atoms with van der Waals surface area (Å²) in [4.78, 5) is 30.8. The highest BCUT2D eigenvalue weighted by molar-refractivity contribution is 7.98. The lowest BCUT2D eigenvalue weighted by molar-refractivity contribution is 0.789. The third-order valence-electron chi connectivity index (χ3n) is 1.95. The highest BCUT2D eigenvalue weighted by Crippen LogP contribution is 2.17. The van der Waals surface area contributed by atoms with Crippen LogP contribution in [-0.2, 0) is 12.8 Å². The van der Waals surface area contributed by atoms with Gasteiger partial charge in [0.05, 0.1) is 0 Å². The van der Waals surface area contributed by atoms with E-state index in [0.717, 1.165) is 5.16 Å². The molecule has 0 aliphatic carbocycles. The first kappa shape index (κ1) is 10.7. The molecule has 0 aliphatic heterocycles. The first-order valence-corrected chi connectivity index (χ1v) is 5.56. The van der Waals surface area contributed by atoms with Crippen LogP contribution in [0.1, 0.15) is 5.69 Å². The molecule has 16 heavy (non-hydrogen) atoms. The second-order valence-corrected chi connectivity index (χ2v) is 4.16. The van der Waals surface area contributed by atoms with Gasteiger partial charge in [-0.3, -0.25) is 9.78 Å². The Hall–Kier alpha value is -1.76. The van der Waals surface area contributed by atoms with Crippen molar-refractivity contribution in [3.63, 3.8) is 0 Å². The summed E-state index contributed by atoms with van der Waals surface area (Å²) in [6, 6.07) is 1.37. The van der Waals surface area contributed by atoms with Crippen LogP contribution in [0.4, 0.5) is 0 Å². The Morgan fingerprint density at radius 1 is 1.44 bits per heavy atom. The van der Waals surface area contributed by atoms with Gasteiger partial charge in [-0.2, -0.15) is 0 Å². The lowest BCUT2D eigenvalue weighted by atomic mass is 10.5. The van der Waals surface area contributed by atoms with Crippen molar-refractivity contribution in [2.24, 2.45) is 7.05 Å². The molecule has 0 saturated heterocycles. The zero-order valence-corrected chi connectivity index (χ0v) is 9.37. The number of imidazole rings is 1. The summed E-state index contributed by atoms with van der Waals surface area (Å²) in [5, 5.41) is 0.834. The van der Waals surface area contributed by atoms with Gasteiger partial charge in [-0.05, 0) is 0 Å². The first-order chi connectivity index (χ1) is 7.65. The van der Waals surface area contributed by atoms with Crippen molar-refractivity contribution in [1.82, 2.24) is 19.5 Å². The number of aromatic amines is 2. The van der Waals surface area contributed by atoms with Crippen LogP contribution in [0.25, 0.3) is 0 Å². The summed E-state index contributed by atoms with van der Waals surface area (Å²) in [5.41, 5.74) is -0.288. The van der Waals surface area contributed by atoms with Crippen molar-refractivity contribution in [2.45, 2.75) is 10.9 Å². The number of aryl methyl sites for hydroxylation is 1. The minimum absolute atomic E-state index is 0.390. The van der Waals surface area contributed by atoms with Crippen molar-refractivity contribution in [1.29, 1.82) is 0 Å². The van der Waals surface area contributed by atoms with Gasteiger partial charge in [0.15, 0.2) is 5.16 Å². The van der Waals surface area contributed by atoms with E-state index in [2.05, 4.69) is 15.0 Å². The minimum Gasteiger partial charge on any atom is -0.329 e. The number of nitrogens with one attached hydrogen (secondary N) is 2. The van der Waals surface area contributed by atoms with Gasteiger partial charge in [0.2, 0.25) is 0 Å². The van der Waals surface area contributed by atoms with Crippen LogP contribution in [0.15, 0.2) is 33.2 Å². The molecule has 0 unspecified atom stereocenters. The van der Waals surface area contributed by atoms with Crippen LogP contribution in [0.2, 0.25) is 0 Å². The molecule has 0 saturated carbocycles. The zero-order valence-electron chi connectivity index (χ0n) is 8.56. The molecule has 0 aromatic carbocycles. The largest absolute Gasteiger partial charge is 0.329 e. The average Bonchev–Trinajstić information content (AvgIpc) is 2.59. The van der Waals surface area contributed by atoms with E-state index in [1.54, 1.807) is 6.20 Å². The summed E-state index contributed by atoms with van der Waals surface area (Å²) in [7, 11) is 1.88. The van der Waals surface area contributed by atoms with Crippen molar-refractivity contribution >= 4 is 11.8 Å². The Morgan fingerprint density at radius 3 is 2.88 bits per heavy atom. The molecule has 0 fully saturated rings. The Labute approximate surface area is 94.7 Å². The van der Waals surface area contributed by atoms with Gasteiger partial charge in [-0.25, -0.2) is 9.78 Å². The molecule has 2 N–H and O–H groups in total. The highest BCUT2D eigenvalue weighted by Gasteiger charge is 2.02. The second kappa shape index (κ2) is 4.40. The number of hydrogen-bond donors (Lipinski definition) is 2. The summed E-state index contributed by atoms with van der Waals surface area (Å²) in [5.74, 6) is 0.504. The van der Waals surface area contributed by atoms with Crippen molar-refractivity contribution < 1.29 is 0 Å². The minimum atomic E-state index is -0.483. The van der Waals surface area contributed by atoms with Gasteiger partial charge >= 0.3 is 5.69 Å². The first-order valence-electron chi connectivity index (χ1n) is 4.58. The molecule has 0 spiro atoms. The van der Waals surface area contributed by atoms with E-state index in [9.17, 15) is 9.59 Å². The molecular formula is C9H10N4O2S. The second-order valence-electron chi connectivity index (χ2n) is 3.22. The maximum atomic E-state index is 11.0. The molecule has 84 valence electrons. The summed E-state index contributed by atoms with van der Waals surface area (Å²) in [6.45, 7) is 0. The summed E-state index contributed by atoms with van der Waals surface area (Å²) >= 11 is 1.45. The molecule has 0 atom stereocenters. The number of thioether (sulfide) groups is 1. The number of nitrogens with zero attached hydrogens (tertiary/aromatic N) is 2. The topological polar surface area (TPSA) is 83.5 Å². The van der Waals surface area contributed by atoms with E-state index < -0.39 is 5.69 Å². The van der Waals surface area contributed by atoms with Crippen molar-refractivity contribution in [3.8, 4) is 0 Å². The quantitative estimate of drug-likeness (QED) is 0.742. The maximum Gasteiger partial charge on any atom is 0.325 e. The molecule has 0 radical (unpaired) electrons. The fourth-order valence-electron chi connectivity index (χ4n) is 1.23. The van der Waals surface area contributed by atoms with Crippen LogP contribution in [0.3, 0.4) is 0 Å². The molecule has 2 aromatic heterocycles. The number of rotatable bonds is 3. The van der Waals surface area contributed by atoms with Crippen LogP contribution in [0, 0.1) is 0 Å². The average molecular weight is 238 g/mol. The van der Waals surface area contributed by atoms with Gasteiger partial charge in [-0.1, -0.05) is 11.8 Å². The Balaban J connectivity index is 2.14. The Bertz CT molecular complexity index is 570. The van der Waals surface area contributed by atoms with Gasteiger partial charge in [0.25, 0.3) is 5.56 Å². The molecule has 0 aliphatic rings.